The van der Waals surface area contributed by atoms with E-state index in [9.17, 15) is 22.8 Å². The Morgan fingerprint density at radius 1 is 1.04 bits per heavy atom. The monoisotopic (exact) mass is 394 g/mol. The molecule has 4 nitrogen and oxygen atoms in total. The van der Waals surface area contributed by atoms with Crippen LogP contribution in [0, 0.1) is 12.8 Å². The van der Waals surface area contributed by atoms with Crippen LogP contribution in [0.25, 0.3) is 0 Å². The van der Waals surface area contributed by atoms with Crippen LogP contribution in [-0.4, -0.2) is 17.3 Å². The van der Waals surface area contributed by atoms with E-state index < -0.39 is 11.4 Å². The Hall–Kier alpha value is -2.48. The number of carbonyl (C=O) groups is 2. The molecule has 0 bridgehead atoms. The predicted octanol–water partition coefficient (Wildman–Crippen LogP) is 5.21. The summed E-state index contributed by atoms with van der Waals surface area (Å²) in [6, 6.07) is 10.4. The minimum absolute atomic E-state index is 0.0139. The number of halogens is 3. The molecule has 0 unspecified atom stereocenters. The third kappa shape index (κ3) is 5.50. The highest BCUT2D eigenvalue weighted by atomic mass is 32.2. The number of benzene rings is 2. The molecule has 2 aromatic rings. The zero-order valence-electron chi connectivity index (χ0n) is 14.4. The Labute approximate surface area is 158 Å². The molecular formula is C19H17F3N2O2S. The van der Waals surface area contributed by atoms with Gasteiger partial charge in [0, 0.05) is 27.8 Å². The molecule has 1 aliphatic rings. The van der Waals surface area contributed by atoms with E-state index in [1.807, 2.05) is 6.92 Å². The van der Waals surface area contributed by atoms with E-state index in [1.165, 1.54) is 24.3 Å². The minimum atomic E-state index is -4.37. The van der Waals surface area contributed by atoms with Gasteiger partial charge in [0.2, 0.25) is 5.91 Å². The van der Waals surface area contributed by atoms with Gasteiger partial charge in [0.1, 0.15) is 0 Å². The summed E-state index contributed by atoms with van der Waals surface area (Å²) in [5.74, 6) is -0.404. The molecule has 2 amide bonds. The smallest absolute Gasteiger partial charge is 0.326 e. The van der Waals surface area contributed by atoms with E-state index in [4.69, 9.17) is 0 Å². The van der Waals surface area contributed by atoms with E-state index in [-0.39, 0.29) is 34.0 Å². The molecule has 142 valence electrons. The van der Waals surface area contributed by atoms with Gasteiger partial charge in [0.05, 0.1) is 0 Å². The van der Waals surface area contributed by atoms with Crippen LogP contribution in [0.4, 0.5) is 24.5 Å². The van der Waals surface area contributed by atoms with Crippen molar-refractivity contribution in [1.29, 1.82) is 0 Å². The predicted molar refractivity (Wildman–Crippen MR) is 98.8 cm³/mol. The molecule has 0 atom stereocenters. The second-order valence-electron chi connectivity index (χ2n) is 6.32. The average Bonchev–Trinajstić information content (AvgIpc) is 3.42. The molecule has 2 aromatic carbocycles. The summed E-state index contributed by atoms with van der Waals surface area (Å²) in [4.78, 5) is 24.3. The number of rotatable bonds is 5. The summed E-state index contributed by atoms with van der Waals surface area (Å²) >= 11 is -0.229. The number of nitrogens with one attached hydrogen (secondary N) is 2. The van der Waals surface area contributed by atoms with Crippen LogP contribution >= 0.6 is 11.8 Å². The van der Waals surface area contributed by atoms with Gasteiger partial charge in [-0.15, -0.1) is 0 Å². The quantitative estimate of drug-likeness (QED) is 0.685. The summed E-state index contributed by atoms with van der Waals surface area (Å²) in [5.41, 5.74) is -2.20. The highest BCUT2D eigenvalue weighted by Crippen LogP contribution is 2.36. The first-order valence-corrected chi connectivity index (χ1v) is 9.11. The van der Waals surface area contributed by atoms with E-state index in [0.29, 0.717) is 11.4 Å². The maximum atomic E-state index is 12.4. The normalized spacial score (nSPS) is 13.9. The first kappa shape index (κ1) is 19.3. The van der Waals surface area contributed by atoms with Crippen LogP contribution in [0.15, 0.2) is 47.4 Å². The first-order valence-electron chi connectivity index (χ1n) is 8.30. The Kier molecular flexibility index (Phi) is 5.46. The number of thioether (sulfide) groups is 1. The molecule has 1 fully saturated rings. The zero-order chi connectivity index (χ0) is 19.6. The maximum Gasteiger partial charge on any atom is 0.446 e. The minimum Gasteiger partial charge on any atom is -0.326 e. The van der Waals surface area contributed by atoms with Crippen molar-refractivity contribution in [3.8, 4) is 0 Å². The zero-order valence-corrected chi connectivity index (χ0v) is 15.2. The fraction of sp³-hybridized carbons (Fsp3) is 0.263. The third-order valence-electron chi connectivity index (χ3n) is 4.05. The number of alkyl halides is 3. The number of hydrogen-bond donors (Lipinski definition) is 2. The third-order valence-corrected chi connectivity index (χ3v) is 4.79. The Morgan fingerprint density at radius 3 is 2.30 bits per heavy atom. The van der Waals surface area contributed by atoms with E-state index >= 15 is 0 Å². The van der Waals surface area contributed by atoms with Crippen LogP contribution in [0.5, 0.6) is 0 Å². The van der Waals surface area contributed by atoms with Crippen molar-refractivity contribution in [3.05, 3.63) is 53.6 Å². The molecule has 1 aliphatic carbocycles. The lowest BCUT2D eigenvalue weighted by atomic mass is 10.1. The van der Waals surface area contributed by atoms with Gasteiger partial charge in [-0.05, 0) is 73.5 Å². The largest absolute Gasteiger partial charge is 0.446 e. The summed E-state index contributed by atoms with van der Waals surface area (Å²) in [5, 5.41) is 5.55. The van der Waals surface area contributed by atoms with Crippen molar-refractivity contribution in [1.82, 2.24) is 0 Å². The fourth-order valence-electron chi connectivity index (χ4n) is 2.43. The first-order chi connectivity index (χ1) is 12.7. The van der Waals surface area contributed by atoms with E-state index in [0.717, 1.165) is 18.4 Å². The molecule has 0 spiro atoms. The van der Waals surface area contributed by atoms with Gasteiger partial charge >= 0.3 is 5.51 Å². The summed E-state index contributed by atoms with van der Waals surface area (Å²) in [7, 11) is 0. The van der Waals surface area contributed by atoms with E-state index in [1.54, 1.807) is 18.2 Å². The molecule has 3 rings (SSSR count). The second-order valence-corrected chi connectivity index (χ2v) is 7.46. The summed E-state index contributed by atoms with van der Waals surface area (Å²) in [6.45, 7) is 1.81. The Balaban J connectivity index is 1.68. The maximum absolute atomic E-state index is 12.4. The molecular weight excluding hydrogens is 377 g/mol. The molecule has 0 saturated heterocycles. The van der Waals surface area contributed by atoms with Crippen molar-refractivity contribution >= 4 is 35.0 Å². The average molecular weight is 394 g/mol. The van der Waals surface area contributed by atoms with Crippen LogP contribution in [-0.2, 0) is 4.79 Å². The Bertz CT molecular complexity index is 862. The molecule has 0 radical (unpaired) electrons. The number of carbonyl (C=O) groups excluding carboxylic acids is 2. The number of anilines is 2. The van der Waals surface area contributed by atoms with Crippen molar-refractivity contribution in [2.75, 3.05) is 10.6 Å². The number of aryl methyl sites for hydroxylation is 1. The van der Waals surface area contributed by atoms with Gasteiger partial charge in [-0.3, -0.25) is 9.59 Å². The molecule has 2 N–H and O–H groups in total. The van der Waals surface area contributed by atoms with Gasteiger partial charge in [-0.2, -0.15) is 13.2 Å². The lowest BCUT2D eigenvalue weighted by molar-refractivity contribution is -0.117. The van der Waals surface area contributed by atoms with Gasteiger partial charge in [-0.1, -0.05) is 6.07 Å². The fourth-order valence-corrected chi connectivity index (χ4v) is 2.97. The second kappa shape index (κ2) is 7.64. The highest BCUT2D eigenvalue weighted by molar-refractivity contribution is 8.00. The summed E-state index contributed by atoms with van der Waals surface area (Å²) < 4.78 is 37.1. The van der Waals surface area contributed by atoms with Gasteiger partial charge in [0.15, 0.2) is 0 Å². The highest BCUT2D eigenvalue weighted by Gasteiger charge is 2.30. The molecule has 0 aliphatic heterocycles. The number of hydrogen-bond acceptors (Lipinski definition) is 3. The lowest BCUT2D eigenvalue weighted by Crippen LogP contribution is -2.15. The number of amides is 2. The van der Waals surface area contributed by atoms with Crippen LogP contribution in [0.3, 0.4) is 0 Å². The lowest BCUT2D eigenvalue weighted by Gasteiger charge is -2.12. The molecule has 0 heterocycles. The molecule has 8 heteroatoms. The Morgan fingerprint density at radius 2 is 1.70 bits per heavy atom. The van der Waals surface area contributed by atoms with Crippen molar-refractivity contribution in [2.24, 2.45) is 5.92 Å². The van der Waals surface area contributed by atoms with Crippen molar-refractivity contribution in [2.45, 2.75) is 30.2 Å². The standard InChI is InChI=1S/C19H17F3N2O2S/c1-11-2-7-14(23-17(25)12-3-4-12)10-16(11)24-18(26)13-5-8-15(9-6-13)27-19(20,21)22/h2,5-10,12H,3-4H2,1H3,(H,23,25)(H,24,26). The molecule has 1 saturated carbocycles. The SMILES string of the molecule is Cc1ccc(NC(=O)C2CC2)cc1NC(=O)c1ccc(SC(F)(F)F)cc1. The topological polar surface area (TPSA) is 58.2 Å². The van der Waals surface area contributed by atoms with Crippen LogP contribution < -0.4 is 10.6 Å². The van der Waals surface area contributed by atoms with Gasteiger partial charge in [0.25, 0.3) is 5.91 Å². The van der Waals surface area contributed by atoms with Crippen molar-refractivity contribution < 1.29 is 22.8 Å². The molecule has 27 heavy (non-hydrogen) atoms. The summed E-state index contributed by atoms with van der Waals surface area (Å²) in [6.07, 6.45) is 1.79. The molecule has 0 aromatic heterocycles. The van der Waals surface area contributed by atoms with Crippen LogP contribution in [0.1, 0.15) is 28.8 Å². The van der Waals surface area contributed by atoms with Gasteiger partial charge in [-0.25, -0.2) is 0 Å². The van der Waals surface area contributed by atoms with E-state index in [2.05, 4.69) is 10.6 Å². The van der Waals surface area contributed by atoms with Crippen LogP contribution in [0.2, 0.25) is 0 Å². The van der Waals surface area contributed by atoms with Gasteiger partial charge < -0.3 is 10.6 Å². The van der Waals surface area contributed by atoms with Crippen molar-refractivity contribution in [3.63, 3.8) is 0 Å².